The second-order valence-corrected chi connectivity index (χ2v) is 3.40. The Balaban J connectivity index is 2.44. The summed E-state index contributed by atoms with van der Waals surface area (Å²) >= 11 is 5.58. The van der Waals surface area contributed by atoms with Crippen LogP contribution in [-0.4, -0.2) is 37.5 Å². The number of rotatable bonds is 3. The first-order chi connectivity index (χ1) is 6.09. The molecule has 1 fully saturated rings. The highest BCUT2D eigenvalue weighted by Crippen LogP contribution is 2.27. The van der Waals surface area contributed by atoms with Crippen molar-refractivity contribution in [3.63, 3.8) is 0 Å². The summed E-state index contributed by atoms with van der Waals surface area (Å²) in [5.74, 6) is -0.846. The third kappa shape index (κ3) is 2.83. The Bertz CT molecular complexity index is 197. The minimum Gasteiger partial charge on any atom is -0.469 e. The van der Waals surface area contributed by atoms with Gasteiger partial charge in [0.15, 0.2) is 5.79 Å². The van der Waals surface area contributed by atoms with E-state index in [1.165, 1.54) is 7.11 Å². The zero-order valence-electron chi connectivity index (χ0n) is 7.71. The molecule has 1 heterocycles. The van der Waals surface area contributed by atoms with Gasteiger partial charge in [0, 0.05) is 0 Å². The molecule has 0 saturated carbocycles. The van der Waals surface area contributed by atoms with Gasteiger partial charge in [0.2, 0.25) is 0 Å². The van der Waals surface area contributed by atoms with Crippen molar-refractivity contribution in [3.8, 4) is 0 Å². The number of methoxy groups -OCH3 is 1. The number of carbonyl (C=O) groups excluding carboxylic acids is 1. The van der Waals surface area contributed by atoms with Crippen LogP contribution in [0.25, 0.3) is 0 Å². The molecule has 0 amide bonds. The molecule has 0 aromatic heterocycles. The van der Waals surface area contributed by atoms with Gasteiger partial charge in [0.1, 0.15) is 0 Å². The van der Waals surface area contributed by atoms with Crippen molar-refractivity contribution >= 4 is 17.6 Å². The number of hydrogen-bond donors (Lipinski definition) is 0. The minimum atomic E-state index is -0.868. The zero-order chi connectivity index (χ0) is 9.90. The molecule has 1 rings (SSSR count). The Morgan fingerprint density at radius 1 is 1.77 bits per heavy atom. The maximum absolute atomic E-state index is 11.0. The molecule has 0 aromatic carbocycles. The molecule has 0 unspecified atom stereocenters. The Morgan fingerprint density at radius 2 is 2.46 bits per heavy atom. The summed E-state index contributed by atoms with van der Waals surface area (Å²) in [7, 11) is 1.33. The fourth-order valence-electron chi connectivity index (χ4n) is 1.19. The van der Waals surface area contributed by atoms with Gasteiger partial charge in [-0.2, -0.15) is 0 Å². The molecular formula is C8H13ClO4. The first-order valence-electron chi connectivity index (χ1n) is 4.04. The van der Waals surface area contributed by atoms with E-state index in [1.54, 1.807) is 6.92 Å². The van der Waals surface area contributed by atoms with Gasteiger partial charge in [-0.3, -0.25) is 4.79 Å². The molecule has 0 bridgehead atoms. The predicted octanol–water partition coefficient (Wildman–Crippen LogP) is 0.920. The van der Waals surface area contributed by atoms with Crippen LogP contribution in [0, 0.1) is 0 Å². The van der Waals surface area contributed by atoms with Crippen LogP contribution in [-0.2, 0) is 19.0 Å². The number of alkyl halides is 1. The molecule has 76 valence electrons. The molecule has 0 spiro atoms. The van der Waals surface area contributed by atoms with Crippen molar-refractivity contribution in [3.05, 3.63) is 0 Å². The van der Waals surface area contributed by atoms with E-state index < -0.39 is 5.79 Å². The second-order valence-electron chi connectivity index (χ2n) is 3.09. The van der Waals surface area contributed by atoms with Crippen LogP contribution in [0.2, 0.25) is 0 Å². The maximum Gasteiger partial charge on any atom is 0.310 e. The van der Waals surface area contributed by atoms with Crippen molar-refractivity contribution in [1.82, 2.24) is 0 Å². The van der Waals surface area contributed by atoms with Crippen molar-refractivity contribution in [1.29, 1.82) is 0 Å². The Hall–Kier alpha value is -0.320. The van der Waals surface area contributed by atoms with Crippen LogP contribution < -0.4 is 0 Å². The van der Waals surface area contributed by atoms with Crippen LogP contribution >= 0.6 is 11.6 Å². The van der Waals surface area contributed by atoms with E-state index in [-0.39, 0.29) is 18.5 Å². The van der Waals surface area contributed by atoms with Gasteiger partial charge < -0.3 is 14.2 Å². The molecule has 0 N–H and O–H groups in total. The lowest BCUT2D eigenvalue weighted by molar-refractivity contribution is -0.177. The highest BCUT2D eigenvalue weighted by molar-refractivity contribution is 6.18. The SMILES string of the molecule is COC(=O)C[C@]1(C)OC[C@@H](CCl)O1. The Labute approximate surface area is 82.1 Å². The van der Waals surface area contributed by atoms with Gasteiger partial charge >= 0.3 is 5.97 Å². The van der Waals surface area contributed by atoms with Crippen LogP contribution in [0.15, 0.2) is 0 Å². The fourth-order valence-corrected chi connectivity index (χ4v) is 1.35. The van der Waals surface area contributed by atoms with Crippen LogP contribution in [0.1, 0.15) is 13.3 Å². The lowest BCUT2D eigenvalue weighted by Crippen LogP contribution is -2.30. The van der Waals surface area contributed by atoms with Crippen LogP contribution in [0.5, 0.6) is 0 Å². The minimum absolute atomic E-state index is 0.0941. The summed E-state index contributed by atoms with van der Waals surface area (Å²) in [6.07, 6.45) is -0.0343. The van der Waals surface area contributed by atoms with Crippen molar-refractivity contribution < 1.29 is 19.0 Å². The van der Waals surface area contributed by atoms with Gasteiger partial charge in [-0.05, 0) is 6.92 Å². The number of ether oxygens (including phenoxy) is 3. The van der Waals surface area contributed by atoms with E-state index in [9.17, 15) is 4.79 Å². The molecule has 0 radical (unpaired) electrons. The van der Waals surface area contributed by atoms with Crippen molar-refractivity contribution in [2.24, 2.45) is 0 Å². The predicted molar refractivity (Wildman–Crippen MR) is 46.6 cm³/mol. The first kappa shape index (κ1) is 10.8. The summed E-state index contributed by atoms with van der Waals surface area (Å²) in [6.45, 7) is 2.13. The van der Waals surface area contributed by atoms with Crippen molar-refractivity contribution in [2.75, 3.05) is 19.6 Å². The number of carbonyl (C=O) groups is 1. The number of esters is 1. The molecule has 4 nitrogen and oxygen atoms in total. The highest BCUT2D eigenvalue weighted by Gasteiger charge is 2.39. The first-order valence-corrected chi connectivity index (χ1v) is 4.57. The summed E-state index contributed by atoms with van der Waals surface area (Å²) in [6, 6.07) is 0. The van der Waals surface area contributed by atoms with Gasteiger partial charge in [0.05, 0.1) is 32.1 Å². The molecule has 2 atom stereocenters. The van der Waals surface area contributed by atoms with Gasteiger partial charge in [-0.15, -0.1) is 11.6 Å². The summed E-state index contributed by atoms with van der Waals surface area (Å²) in [4.78, 5) is 11.0. The lowest BCUT2D eigenvalue weighted by Gasteiger charge is -2.21. The van der Waals surface area contributed by atoms with E-state index in [4.69, 9.17) is 21.1 Å². The number of hydrogen-bond acceptors (Lipinski definition) is 4. The normalized spacial score (nSPS) is 33.3. The summed E-state index contributed by atoms with van der Waals surface area (Å²) < 4.78 is 15.2. The summed E-state index contributed by atoms with van der Waals surface area (Å²) in [5.41, 5.74) is 0. The molecule has 0 aromatic rings. The third-order valence-corrected chi connectivity index (χ3v) is 2.20. The summed E-state index contributed by atoms with van der Waals surface area (Å²) in [5, 5.41) is 0. The van der Waals surface area contributed by atoms with E-state index >= 15 is 0 Å². The largest absolute Gasteiger partial charge is 0.469 e. The molecule has 1 aliphatic heterocycles. The topological polar surface area (TPSA) is 44.8 Å². The molecule has 5 heteroatoms. The van der Waals surface area contributed by atoms with E-state index in [0.717, 1.165) is 0 Å². The maximum atomic E-state index is 11.0. The molecule has 13 heavy (non-hydrogen) atoms. The molecule has 1 aliphatic rings. The second kappa shape index (κ2) is 4.26. The lowest BCUT2D eigenvalue weighted by atomic mass is 10.2. The zero-order valence-corrected chi connectivity index (χ0v) is 8.47. The van der Waals surface area contributed by atoms with Crippen LogP contribution in [0.4, 0.5) is 0 Å². The molecule has 0 aliphatic carbocycles. The van der Waals surface area contributed by atoms with Crippen LogP contribution in [0.3, 0.4) is 0 Å². The van der Waals surface area contributed by atoms with E-state index in [2.05, 4.69) is 4.74 Å². The highest BCUT2D eigenvalue weighted by atomic mass is 35.5. The quantitative estimate of drug-likeness (QED) is 0.511. The Kier molecular flexibility index (Phi) is 3.53. The van der Waals surface area contributed by atoms with E-state index in [1.807, 2.05) is 0 Å². The van der Waals surface area contributed by atoms with Gasteiger partial charge in [-0.25, -0.2) is 0 Å². The number of halogens is 1. The van der Waals surface area contributed by atoms with Gasteiger partial charge in [-0.1, -0.05) is 0 Å². The molecular weight excluding hydrogens is 196 g/mol. The Morgan fingerprint density at radius 3 is 2.92 bits per heavy atom. The van der Waals surface area contributed by atoms with Gasteiger partial charge in [0.25, 0.3) is 0 Å². The standard InChI is InChI=1S/C8H13ClO4/c1-8(3-7(10)11-2)12-5-6(4-9)13-8/h6H,3-5H2,1-2H3/t6-,8-/m1/s1. The smallest absolute Gasteiger partial charge is 0.310 e. The average Bonchev–Trinajstić information content (AvgIpc) is 2.47. The molecule has 1 saturated heterocycles. The fraction of sp³-hybridized carbons (Fsp3) is 0.875. The average molecular weight is 209 g/mol. The van der Waals surface area contributed by atoms with Crippen molar-refractivity contribution in [2.45, 2.75) is 25.2 Å². The monoisotopic (exact) mass is 208 g/mol. The van der Waals surface area contributed by atoms with E-state index in [0.29, 0.717) is 12.5 Å². The third-order valence-electron chi connectivity index (χ3n) is 1.86.